The van der Waals surface area contributed by atoms with Crippen LogP contribution in [0.15, 0.2) is 42.7 Å². The standard InChI is InChI=1S/C18H21N3O/c1-4-18(5-2,6-3)20-17(22)16-12-19-21(14-16)13-15-10-8-7-9-11-15/h1,7-12,14H,5-6,13H2,2-3H3,(H,20,22). The molecule has 1 aromatic heterocycles. The average Bonchev–Trinajstić information content (AvgIpc) is 3.02. The van der Waals surface area contributed by atoms with Crippen molar-refractivity contribution in [3.8, 4) is 12.3 Å². The van der Waals surface area contributed by atoms with E-state index in [0.717, 1.165) is 5.56 Å². The zero-order valence-corrected chi connectivity index (χ0v) is 13.0. The van der Waals surface area contributed by atoms with Gasteiger partial charge in [0.1, 0.15) is 5.54 Å². The SMILES string of the molecule is C#CC(CC)(CC)NC(=O)c1cnn(Cc2ccccc2)c1. The van der Waals surface area contributed by atoms with E-state index in [1.54, 1.807) is 17.1 Å². The quantitative estimate of drug-likeness (QED) is 0.833. The van der Waals surface area contributed by atoms with Gasteiger partial charge in [0.15, 0.2) is 0 Å². The Kier molecular flexibility index (Phi) is 5.00. The number of carbonyl (C=O) groups is 1. The second kappa shape index (κ2) is 6.95. The van der Waals surface area contributed by atoms with Crippen molar-refractivity contribution in [2.45, 2.75) is 38.8 Å². The highest BCUT2D eigenvalue weighted by molar-refractivity contribution is 5.94. The maximum absolute atomic E-state index is 12.3. The number of amides is 1. The predicted octanol–water partition coefficient (Wildman–Crippen LogP) is 2.85. The highest BCUT2D eigenvalue weighted by Gasteiger charge is 2.26. The van der Waals surface area contributed by atoms with Crippen LogP contribution < -0.4 is 5.32 Å². The summed E-state index contributed by atoms with van der Waals surface area (Å²) < 4.78 is 1.75. The molecule has 1 N–H and O–H groups in total. The molecule has 0 atom stereocenters. The van der Waals surface area contributed by atoms with Gasteiger partial charge in [0.2, 0.25) is 0 Å². The Morgan fingerprint density at radius 1 is 1.32 bits per heavy atom. The van der Waals surface area contributed by atoms with Gasteiger partial charge < -0.3 is 5.32 Å². The third-order valence-electron chi connectivity index (χ3n) is 3.92. The number of terminal acetylenes is 1. The smallest absolute Gasteiger partial charge is 0.255 e. The largest absolute Gasteiger partial charge is 0.336 e. The molecule has 0 radical (unpaired) electrons. The Morgan fingerprint density at radius 3 is 2.59 bits per heavy atom. The lowest BCUT2D eigenvalue weighted by molar-refractivity contribution is 0.0916. The van der Waals surface area contributed by atoms with Crippen molar-refractivity contribution in [1.82, 2.24) is 15.1 Å². The second-order valence-corrected chi connectivity index (χ2v) is 5.30. The van der Waals surface area contributed by atoms with Gasteiger partial charge in [-0.3, -0.25) is 9.48 Å². The molecule has 114 valence electrons. The molecular weight excluding hydrogens is 274 g/mol. The van der Waals surface area contributed by atoms with Gasteiger partial charge in [-0.05, 0) is 18.4 Å². The number of nitrogens with one attached hydrogen (secondary N) is 1. The molecule has 1 amide bonds. The van der Waals surface area contributed by atoms with Crippen molar-refractivity contribution in [3.05, 3.63) is 53.9 Å². The van der Waals surface area contributed by atoms with Crippen molar-refractivity contribution >= 4 is 5.91 Å². The van der Waals surface area contributed by atoms with E-state index in [-0.39, 0.29) is 5.91 Å². The molecular formula is C18H21N3O. The van der Waals surface area contributed by atoms with Crippen LogP contribution in [-0.2, 0) is 6.54 Å². The first-order valence-electron chi connectivity index (χ1n) is 7.49. The van der Waals surface area contributed by atoms with E-state index in [4.69, 9.17) is 6.42 Å². The summed E-state index contributed by atoms with van der Waals surface area (Å²) >= 11 is 0. The molecule has 1 aromatic carbocycles. The zero-order chi connectivity index (χ0) is 16.0. The van der Waals surface area contributed by atoms with Crippen LogP contribution in [-0.4, -0.2) is 21.2 Å². The van der Waals surface area contributed by atoms with Crippen LogP contribution in [0.1, 0.15) is 42.6 Å². The van der Waals surface area contributed by atoms with Crippen LogP contribution >= 0.6 is 0 Å². The molecule has 0 aliphatic heterocycles. The second-order valence-electron chi connectivity index (χ2n) is 5.30. The molecule has 0 bridgehead atoms. The lowest BCUT2D eigenvalue weighted by Crippen LogP contribution is -2.46. The van der Waals surface area contributed by atoms with Crippen LogP contribution in [0.5, 0.6) is 0 Å². The van der Waals surface area contributed by atoms with Crippen LogP contribution in [0, 0.1) is 12.3 Å². The molecule has 0 saturated heterocycles. The van der Waals surface area contributed by atoms with E-state index in [1.165, 1.54) is 0 Å². The molecule has 2 rings (SSSR count). The van der Waals surface area contributed by atoms with Crippen LogP contribution in [0.4, 0.5) is 0 Å². The molecule has 0 saturated carbocycles. The maximum Gasteiger partial charge on any atom is 0.255 e. The fourth-order valence-electron chi connectivity index (χ4n) is 2.29. The fraction of sp³-hybridized carbons (Fsp3) is 0.333. The van der Waals surface area contributed by atoms with Crippen LogP contribution in [0.3, 0.4) is 0 Å². The van der Waals surface area contributed by atoms with Gasteiger partial charge in [-0.25, -0.2) is 0 Å². The molecule has 1 heterocycles. The predicted molar refractivity (Wildman–Crippen MR) is 87.4 cm³/mol. The van der Waals surface area contributed by atoms with Crippen molar-refractivity contribution < 1.29 is 4.79 Å². The number of hydrogen-bond donors (Lipinski definition) is 1. The van der Waals surface area contributed by atoms with Gasteiger partial charge in [0, 0.05) is 6.20 Å². The number of carbonyl (C=O) groups excluding carboxylic acids is 1. The molecule has 4 nitrogen and oxygen atoms in total. The summed E-state index contributed by atoms with van der Waals surface area (Å²) in [4.78, 5) is 12.3. The van der Waals surface area contributed by atoms with Gasteiger partial charge in [-0.2, -0.15) is 5.10 Å². The number of aromatic nitrogens is 2. The molecule has 0 unspecified atom stereocenters. The number of hydrogen-bond acceptors (Lipinski definition) is 2. The van der Waals surface area contributed by atoms with E-state index in [2.05, 4.69) is 16.3 Å². The monoisotopic (exact) mass is 295 g/mol. The minimum absolute atomic E-state index is 0.180. The van der Waals surface area contributed by atoms with Gasteiger partial charge in [0.25, 0.3) is 5.91 Å². The van der Waals surface area contributed by atoms with E-state index in [1.807, 2.05) is 44.2 Å². The Morgan fingerprint density at radius 2 is 2.00 bits per heavy atom. The molecule has 2 aromatic rings. The number of nitrogens with zero attached hydrogens (tertiary/aromatic N) is 2. The summed E-state index contributed by atoms with van der Waals surface area (Å²) in [5.74, 6) is 2.52. The third-order valence-corrected chi connectivity index (χ3v) is 3.92. The highest BCUT2D eigenvalue weighted by atomic mass is 16.1. The normalized spacial score (nSPS) is 11.0. The van der Waals surface area contributed by atoms with Crippen molar-refractivity contribution in [3.63, 3.8) is 0 Å². The summed E-state index contributed by atoms with van der Waals surface area (Å²) in [5.41, 5.74) is 1.08. The van der Waals surface area contributed by atoms with Crippen LogP contribution in [0.2, 0.25) is 0 Å². The van der Waals surface area contributed by atoms with Crippen molar-refractivity contribution in [2.24, 2.45) is 0 Å². The van der Waals surface area contributed by atoms with Gasteiger partial charge in [-0.15, -0.1) is 6.42 Å². The average molecular weight is 295 g/mol. The summed E-state index contributed by atoms with van der Waals surface area (Å²) in [5, 5.41) is 7.19. The maximum atomic E-state index is 12.3. The minimum atomic E-state index is -0.585. The summed E-state index contributed by atoms with van der Waals surface area (Å²) in [6.07, 6.45) is 10.3. The van der Waals surface area contributed by atoms with Gasteiger partial charge in [-0.1, -0.05) is 50.1 Å². The molecule has 4 heteroatoms. The first-order chi connectivity index (χ1) is 10.6. The highest BCUT2D eigenvalue weighted by Crippen LogP contribution is 2.15. The zero-order valence-electron chi connectivity index (χ0n) is 13.0. The molecule has 0 spiro atoms. The Labute approximate surface area is 131 Å². The Hall–Kier alpha value is -2.54. The Balaban J connectivity index is 2.08. The van der Waals surface area contributed by atoms with Gasteiger partial charge in [0.05, 0.1) is 18.3 Å². The minimum Gasteiger partial charge on any atom is -0.336 e. The molecule has 0 aliphatic carbocycles. The lowest BCUT2D eigenvalue weighted by Gasteiger charge is -2.26. The van der Waals surface area contributed by atoms with E-state index < -0.39 is 5.54 Å². The van der Waals surface area contributed by atoms with E-state index >= 15 is 0 Å². The first kappa shape index (κ1) is 15.8. The van der Waals surface area contributed by atoms with Crippen LogP contribution in [0.25, 0.3) is 0 Å². The van der Waals surface area contributed by atoms with Crippen molar-refractivity contribution in [1.29, 1.82) is 0 Å². The molecule has 0 aliphatic rings. The lowest BCUT2D eigenvalue weighted by atomic mass is 9.93. The molecule has 0 fully saturated rings. The third kappa shape index (κ3) is 3.56. The topological polar surface area (TPSA) is 46.9 Å². The summed E-state index contributed by atoms with van der Waals surface area (Å²) in [6, 6.07) is 9.99. The summed E-state index contributed by atoms with van der Waals surface area (Å²) in [7, 11) is 0. The number of rotatable bonds is 6. The van der Waals surface area contributed by atoms with E-state index in [0.29, 0.717) is 24.9 Å². The van der Waals surface area contributed by atoms with E-state index in [9.17, 15) is 4.79 Å². The van der Waals surface area contributed by atoms with Gasteiger partial charge >= 0.3 is 0 Å². The van der Waals surface area contributed by atoms with Crippen molar-refractivity contribution in [2.75, 3.05) is 0 Å². The molecule has 22 heavy (non-hydrogen) atoms. The summed E-state index contributed by atoms with van der Waals surface area (Å²) in [6.45, 7) is 4.58. The first-order valence-corrected chi connectivity index (χ1v) is 7.49. The fourth-order valence-corrected chi connectivity index (χ4v) is 2.29. The Bertz CT molecular complexity index is 663. The number of benzene rings is 1.